The molecule has 0 fully saturated rings. The van der Waals surface area contributed by atoms with Crippen molar-refractivity contribution in [2.45, 2.75) is 54.4 Å². The lowest BCUT2D eigenvalue weighted by atomic mass is 9.82. The number of amides is 2. The van der Waals surface area contributed by atoms with Crippen molar-refractivity contribution in [2.75, 3.05) is 32.8 Å². The maximum absolute atomic E-state index is 11.8. The highest BCUT2D eigenvalue weighted by Crippen LogP contribution is 2.26. The summed E-state index contributed by atoms with van der Waals surface area (Å²) in [7, 11) is 0. The molecule has 0 bridgehead atoms. The SMILES string of the molecule is CCOC(=O)NCC(C)(C)CC(C)CCN(CC)C(=O)OCC. The Hall–Kier alpha value is -1.46. The van der Waals surface area contributed by atoms with E-state index in [-0.39, 0.29) is 17.6 Å². The monoisotopic (exact) mass is 330 g/mol. The van der Waals surface area contributed by atoms with Gasteiger partial charge in [-0.2, -0.15) is 0 Å². The van der Waals surface area contributed by atoms with Crippen LogP contribution < -0.4 is 5.32 Å². The van der Waals surface area contributed by atoms with Gasteiger partial charge in [-0.05, 0) is 44.9 Å². The molecule has 0 aliphatic rings. The molecule has 0 saturated carbocycles. The van der Waals surface area contributed by atoms with Crippen LogP contribution in [0.25, 0.3) is 0 Å². The van der Waals surface area contributed by atoms with E-state index in [4.69, 9.17) is 9.47 Å². The minimum Gasteiger partial charge on any atom is -0.450 e. The molecule has 1 unspecified atom stereocenters. The zero-order chi connectivity index (χ0) is 17.9. The maximum atomic E-state index is 11.8. The van der Waals surface area contributed by atoms with Crippen molar-refractivity contribution in [3.63, 3.8) is 0 Å². The molecule has 6 heteroatoms. The van der Waals surface area contributed by atoms with Gasteiger partial charge in [0.1, 0.15) is 0 Å². The Labute approximate surface area is 140 Å². The van der Waals surface area contributed by atoms with E-state index in [1.165, 1.54) is 0 Å². The van der Waals surface area contributed by atoms with Crippen molar-refractivity contribution in [3.8, 4) is 0 Å². The van der Waals surface area contributed by atoms with Crippen molar-refractivity contribution >= 4 is 12.2 Å². The summed E-state index contributed by atoms with van der Waals surface area (Å²) in [5.41, 5.74) is -0.0207. The number of carbonyl (C=O) groups excluding carboxylic acids is 2. The lowest BCUT2D eigenvalue weighted by molar-refractivity contribution is 0.105. The van der Waals surface area contributed by atoms with Crippen LogP contribution in [0.2, 0.25) is 0 Å². The quantitative estimate of drug-likeness (QED) is 0.664. The molecular weight excluding hydrogens is 296 g/mol. The molecular formula is C17H34N2O4. The number of nitrogens with one attached hydrogen (secondary N) is 1. The Morgan fingerprint density at radius 3 is 2.26 bits per heavy atom. The number of alkyl carbamates (subject to hydrolysis) is 1. The van der Waals surface area contributed by atoms with Crippen LogP contribution in [0.1, 0.15) is 54.4 Å². The van der Waals surface area contributed by atoms with Crippen molar-refractivity contribution in [3.05, 3.63) is 0 Å². The molecule has 0 saturated heterocycles. The van der Waals surface area contributed by atoms with E-state index in [0.717, 1.165) is 12.8 Å². The van der Waals surface area contributed by atoms with Crippen LogP contribution in [-0.4, -0.2) is 49.9 Å². The normalized spacial score (nSPS) is 12.4. The standard InChI is InChI=1S/C17H34N2O4/c1-7-19(16(21)23-9-3)11-10-14(4)12-17(5,6)13-18-15(20)22-8-2/h14H,7-13H2,1-6H3,(H,18,20). The van der Waals surface area contributed by atoms with Crippen LogP contribution in [0.3, 0.4) is 0 Å². The summed E-state index contributed by atoms with van der Waals surface area (Å²) in [6, 6.07) is 0. The highest BCUT2D eigenvalue weighted by Gasteiger charge is 2.23. The molecule has 0 aromatic heterocycles. The number of nitrogens with zero attached hydrogens (tertiary/aromatic N) is 1. The van der Waals surface area contributed by atoms with Crippen molar-refractivity contribution in [1.29, 1.82) is 0 Å². The summed E-state index contributed by atoms with van der Waals surface area (Å²) in [5, 5.41) is 2.79. The first-order valence-corrected chi connectivity index (χ1v) is 8.58. The first-order valence-electron chi connectivity index (χ1n) is 8.58. The topological polar surface area (TPSA) is 67.9 Å². The number of hydrogen-bond acceptors (Lipinski definition) is 4. The second-order valence-corrected chi connectivity index (χ2v) is 6.61. The fourth-order valence-electron chi connectivity index (χ4n) is 2.58. The zero-order valence-corrected chi connectivity index (χ0v) is 15.6. The van der Waals surface area contributed by atoms with Crippen molar-refractivity contribution in [1.82, 2.24) is 10.2 Å². The van der Waals surface area contributed by atoms with Gasteiger partial charge in [-0.3, -0.25) is 0 Å². The summed E-state index contributed by atoms with van der Waals surface area (Å²) in [6.45, 7) is 14.7. The van der Waals surface area contributed by atoms with Crippen LogP contribution in [0.15, 0.2) is 0 Å². The number of carbonyl (C=O) groups is 2. The van der Waals surface area contributed by atoms with Gasteiger partial charge in [0, 0.05) is 19.6 Å². The fraction of sp³-hybridized carbons (Fsp3) is 0.882. The molecule has 0 radical (unpaired) electrons. The average molecular weight is 330 g/mol. The molecule has 0 aromatic carbocycles. The molecule has 0 spiro atoms. The summed E-state index contributed by atoms with van der Waals surface area (Å²) >= 11 is 0. The number of hydrogen-bond donors (Lipinski definition) is 1. The smallest absolute Gasteiger partial charge is 0.409 e. The van der Waals surface area contributed by atoms with Crippen molar-refractivity contribution < 1.29 is 19.1 Å². The summed E-state index contributed by atoms with van der Waals surface area (Å²) in [4.78, 5) is 24.9. The van der Waals surface area contributed by atoms with Gasteiger partial charge in [-0.25, -0.2) is 9.59 Å². The highest BCUT2D eigenvalue weighted by atomic mass is 16.6. The van der Waals surface area contributed by atoms with Gasteiger partial charge in [-0.1, -0.05) is 20.8 Å². The maximum Gasteiger partial charge on any atom is 0.409 e. The van der Waals surface area contributed by atoms with E-state index < -0.39 is 0 Å². The van der Waals surface area contributed by atoms with Gasteiger partial charge in [0.2, 0.25) is 0 Å². The highest BCUT2D eigenvalue weighted by molar-refractivity contribution is 5.67. The molecule has 23 heavy (non-hydrogen) atoms. The second kappa shape index (κ2) is 11.1. The minimum atomic E-state index is -0.368. The fourth-order valence-corrected chi connectivity index (χ4v) is 2.58. The van der Waals surface area contributed by atoms with Crippen LogP contribution >= 0.6 is 0 Å². The first-order chi connectivity index (χ1) is 10.8. The van der Waals surface area contributed by atoms with Crippen LogP contribution in [0, 0.1) is 11.3 Å². The largest absolute Gasteiger partial charge is 0.450 e. The molecule has 6 nitrogen and oxygen atoms in total. The third-order valence-corrected chi connectivity index (χ3v) is 3.69. The van der Waals surface area contributed by atoms with E-state index in [9.17, 15) is 9.59 Å². The van der Waals surface area contributed by atoms with Crippen molar-refractivity contribution in [2.24, 2.45) is 11.3 Å². The Kier molecular flexibility index (Phi) is 10.4. The van der Waals surface area contributed by atoms with Gasteiger partial charge in [0.15, 0.2) is 0 Å². The summed E-state index contributed by atoms with van der Waals surface area (Å²) < 4.78 is 9.92. The first kappa shape index (κ1) is 21.5. The van der Waals surface area contributed by atoms with Gasteiger partial charge in [0.05, 0.1) is 13.2 Å². The predicted octanol–water partition coefficient (Wildman–Crippen LogP) is 3.65. The van der Waals surface area contributed by atoms with Gasteiger partial charge >= 0.3 is 12.2 Å². The minimum absolute atomic E-state index is 0.0207. The Bertz CT molecular complexity index is 359. The molecule has 0 heterocycles. The van der Waals surface area contributed by atoms with Crippen LogP contribution in [0.4, 0.5) is 9.59 Å². The Balaban J connectivity index is 4.22. The van der Waals surface area contributed by atoms with Crippen LogP contribution in [-0.2, 0) is 9.47 Å². The van der Waals surface area contributed by atoms with Gasteiger partial charge < -0.3 is 19.7 Å². The molecule has 0 aliphatic heterocycles. The third-order valence-electron chi connectivity index (χ3n) is 3.69. The number of rotatable bonds is 10. The second-order valence-electron chi connectivity index (χ2n) is 6.61. The van der Waals surface area contributed by atoms with E-state index in [0.29, 0.717) is 38.8 Å². The molecule has 1 N–H and O–H groups in total. The molecule has 0 aliphatic carbocycles. The molecule has 0 aromatic rings. The lowest BCUT2D eigenvalue weighted by Crippen LogP contribution is -2.36. The predicted molar refractivity (Wildman–Crippen MR) is 91.5 cm³/mol. The third kappa shape index (κ3) is 10.0. The summed E-state index contributed by atoms with van der Waals surface area (Å²) in [5.74, 6) is 0.442. The molecule has 2 amide bonds. The Morgan fingerprint density at radius 2 is 1.74 bits per heavy atom. The van der Waals surface area contributed by atoms with Gasteiger partial charge in [0.25, 0.3) is 0 Å². The van der Waals surface area contributed by atoms with E-state index in [2.05, 4.69) is 26.1 Å². The van der Waals surface area contributed by atoms with E-state index >= 15 is 0 Å². The van der Waals surface area contributed by atoms with Crippen LogP contribution in [0.5, 0.6) is 0 Å². The molecule has 0 rings (SSSR count). The summed E-state index contributed by atoms with van der Waals surface area (Å²) in [6.07, 6.45) is 1.26. The molecule has 1 atom stereocenters. The zero-order valence-electron chi connectivity index (χ0n) is 15.6. The lowest BCUT2D eigenvalue weighted by Gasteiger charge is -2.29. The molecule has 136 valence electrons. The van der Waals surface area contributed by atoms with E-state index in [1.807, 2.05) is 13.8 Å². The van der Waals surface area contributed by atoms with Gasteiger partial charge in [-0.15, -0.1) is 0 Å². The van der Waals surface area contributed by atoms with E-state index in [1.54, 1.807) is 11.8 Å². The number of ether oxygens (including phenoxy) is 2. The average Bonchev–Trinajstić information content (AvgIpc) is 2.46. The Morgan fingerprint density at radius 1 is 1.13 bits per heavy atom.